The molecule has 1 aromatic rings. The van der Waals surface area contributed by atoms with Crippen molar-refractivity contribution < 1.29 is 26.7 Å². The van der Waals surface area contributed by atoms with E-state index >= 15 is 0 Å². The minimum absolute atomic E-state index is 0.625. The minimum Gasteiger partial charge on any atom is -0.489 e. The summed E-state index contributed by atoms with van der Waals surface area (Å²) >= 11 is 4.25. The average Bonchev–Trinajstić information content (AvgIpc) is 2.22. The highest BCUT2D eigenvalue weighted by atomic mass is 32.1. The largest absolute Gasteiger partial charge is 0.489 e. The zero-order chi connectivity index (χ0) is 13.9. The van der Waals surface area contributed by atoms with Gasteiger partial charge < -0.3 is 10.5 Å². The lowest BCUT2D eigenvalue weighted by Crippen LogP contribution is -2.38. The van der Waals surface area contributed by atoms with Gasteiger partial charge in [0.2, 0.25) is 5.82 Å². The Bertz CT molecular complexity index is 448. The molecule has 2 nitrogen and oxygen atoms in total. The van der Waals surface area contributed by atoms with Crippen LogP contribution in [0.2, 0.25) is 0 Å². The number of hydrogen-bond donors (Lipinski definition) is 1. The van der Waals surface area contributed by atoms with Gasteiger partial charge >= 0.3 is 6.18 Å². The molecule has 1 aromatic carbocycles. The van der Waals surface area contributed by atoms with Crippen LogP contribution < -0.4 is 10.5 Å². The lowest BCUT2D eigenvalue weighted by Gasteiger charge is -2.19. The van der Waals surface area contributed by atoms with Crippen LogP contribution >= 0.6 is 12.2 Å². The van der Waals surface area contributed by atoms with Crippen LogP contribution in [-0.4, -0.2) is 17.8 Å². The normalized spacial score (nSPS) is 13.2. The lowest BCUT2D eigenvalue weighted by atomic mass is 10.1. The van der Waals surface area contributed by atoms with E-state index < -0.39 is 41.1 Å². The zero-order valence-electron chi connectivity index (χ0n) is 8.80. The first-order chi connectivity index (χ1) is 8.23. The SMILES string of the molecule is NC(=S)C(COc1cccc(F)c1F)C(F)(F)F. The van der Waals surface area contributed by atoms with Crippen LogP contribution in [0.1, 0.15) is 0 Å². The molecule has 1 rings (SSSR count). The van der Waals surface area contributed by atoms with Gasteiger partial charge in [-0.2, -0.15) is 17.6 Å². The Hall–Kier alpha value is -1.44. The average molecular weight is 285 g/mol. The Kier molecular flexibility index (Phi) is 4.44. The highest BCUT2D eigenvalue weighted by Gasteiger charge is 2.42. The van der Waals surface area contributed by atoms with Crippen molar-refractivity contribution >= 4 is 17.2 Å². The standard InChI is InChI=1S/C10H8F5NOS/c11-6-2-1-3-7(8(6)12)17-4-5(9(16)18)10(13,14)15/h1-3,5H,4H2,(H2,16,18). The van der Waals surface area contributed by atoms with Crippen molar-refractivity contribution in [2.45, 2.75) is 6.18 Å². The molecule has 18 heavy (non-hydrogen) atoms. The van der Waals surface area contributed by atoms with E-state index in [1.807, 2.05) is 0 Å². The fourth-order valence-electron chi connectivity index (χ4n) is 1.11. The Balaban J connectivity index is 2.80. The Morgan fingerprint density at radius 3 is 2.44 bits per heavy atom. The van der Waals surface area contributed by atoms with Crippen LogP contribution in [0.5, 0.6) is 5.75 Å². The predicted molar refractivity (Wildman–Crippen MR) is 58.2 cm³/mol. The second kappa shape index (κ2) is 5.47. The van der Waals surface area contributed by atoms with Crippen LogP contribution in [0.3, 0.4) is 0 Å². The van der Waals surface area contributed by atoms with Gasteiger partial charge in [-0.05, 0) is 12.1 Å². The van der Waals surface area contributed by atoms with Crippen LogP contribution in [0.25, 0.3) is 0 Å². The first-order valence-corrected chi connectivity index (χ1v) is 5.07. The van der Waals surface area contributed by atoms with Crippen molar-refractivity contribution in [3.05, 3.63) is 29.8 Å². The maximum Gasteiger partial charge on any atom is 0.401 e. The molecule has 1 unspecified atom stereocenters. The molecule has 0 aliphatic carbocycles. The fourth-order valence-corrected chi connectivity index (χ4v) is 1.31. The van der Waals surface area contributed by atoms with E-state index in [1.165, 1.54) is 0 Å². The molecule has 0 spiro atoms. The van der Waals surface area contributed by atoms with Gasteiger partial charge in [0.05, 0.1) is 4.99 Å². The third kappa shape index (κ3) is 3.52. The summed E-state index contributed by atoms with van der Waals surface area (Å²) in [5.41, 5.74) is 4.92. The van der Waals surface area contributed by atoms with Crippen molar-refractivity contribution in [1.82, 2.24) is 0 Å². The van der Waals surface area contributed by atoms with E-state index in [0.29, 0.717) is 0 Å². The van der Waals surface area contributed by atoms with Crippen molar-refractivity contribution in [2.75, 3.05) is 6.61 Å². The summed E-state index contributed by atoms with van der Waals surface area (Å²) in [5.74, 6) is -5.41. The first kappa shape index (κ1) is 14.6. The van der Waals surface area contributed by atoms with Gasteiger partial charge in [0.25, 0.3) is 0 Å². The molecule has 0 fully saturated rings. The number of ether oxygens (including phenoxy) is 1. The molecule has 0 amide bonds. The molecule has 0 saturated carbocycles. The maximum atomic E-state index is 13.1. The maximum absolute atomic E-state index is 13.1. The van der Waals surface area contributed by atoms with Crippen molar-refractivity contribution in [3.8, 4) is 5.75 Å². The highest BCUT2D eigenvalue weighted by Crippen LogP contribution is 2.28. The summed E-state index contributed by atoms with van der Waals surface area (Å²) in [6.07, 6.45) is -4.70. The first-order valence-electron chi connectivity index (χ1n) is 4.66. The van der Waals surface area contributed by atoms with E-state index in [1.54, 1.807) is 0 Å². The van der Waals surface area contributed by atoms with Crippen molar-refractivity contribution in [3.63, 3.8) is 0 Å². The number of halogens is 5. The van der Waals surface area contributed by atoms with E-state index in [0.717, 1.165) is 18.2 Å². The summed E-state index contributed by atoms with van der Waals surface area (Å²) in [4.78, 5) is -0.820. The summed E-state index contributed by atoms with van der Waals surface area (Å²) in [5, 5.41) is 0. The van der Waals surface area contributed by atoms with Crippen LogP contribution in [0.15, 0.2) is 18.2 Å². The second-order valence-corrected chi connectivity index (χ2v) is 3.83. The topological polar surface area (TPSA) is 35.2 Å². The van der Waals surface area contributed by atoms with Crippen molar-refractivity contribution in [1.29, 1.82) is 0 Å². The number of nitrogens with two attached hydrogens (primary N) is 1. The summed E-state index contributed by atoms with van der Waals surface area (Å²) in [6.45, 7) is -1.00. The Labute approximate surface area is 105 Å². The third-order valence-corrected chi connectivity index (χ3v) is 2.34. The van der Waals surface area contributed by atoms with Gasteiger partial charge in [-0.3, -0.25) is 0 Å². The summed E-state index contributed by atoms with van der Waals surface area (Å²) in [6, 6.07) is 2.93. The smallest absolute Gasteiger partial charge is 0.401 e. The Morgan fingerprint density at radius 2 is 1.94 bits per heavy atom. The number of alkyl halides is 3. The molecule has 0 bridgehead atoms. The number of rotatable bonds is 4. The molecule has 1 atom stereocenters. The molecule has 0 aliphatic heterocycles. The quantitative estimate of drug-likeness (QED) is 0.682. The van der Waals surface area contributed by atoms with E-state index in [9.17, 15) is 22.0 Å². The number of benzene rings is 1. The van der Waals surface area contributed by atoms with Crippen LogP contribution in [0.4, 0.5) is 22.0 Å². The molecule has 8 heteroatoms. The van der Waals surface area contributed by atoms with Gasteiger partial charge in [-0.15, -0.1) is 0 Å². The van der Waals surface area contributed by atoms with E-state index in [-0.39, 0.29) is 0 Å². The molecule has 0 radical (unpaired) electrons. The summed E-state index contributed by atoms with van der Waals surface area (Å²) < 4.78 is 67.8. The molecular formula is C10H8F5NOS. The molecule has 2 N–H and O–H groups in total. The number of thiocarbonyl (C=S) groups is 1. The molecular weight excluding hydrogens is 277 g/mol. The molecule has 0 heterocycles. The zero-order valence-corrected chi connectivity index (χ0v) is 9.62. The van der Waals surface area contributed by atoms with Crippen LogP contribution in [0, 0.1) is 17.6 Å². The van der Waals surface area contributed by atoms with Gasteiger partial charge in [-0.1, -0.05) is 18.3 Å². The Morgan fingerprint density at radius 1 is 1.33 bits per heavy atom. The van der Waals surface area contributed by atoms with Gasteiger partial charge in [0.1, 0.15) is 12.5 Å². The molecule has 0 aliphatic rings. The predicted octanol–water partition coefficient (Wildman–Crippen LogP) is 2.81. The molecule has 0 saturated heterocycles. The highest BCUT2D eigenvalue weighted by molar-refractivity contribution is 7.80. The third-order valence-electron chi connectivity index (χ3n) is 2.06. The van der Waals surface area contributed by atoms with Gasteiger partial charge in [0, 0.05) is 0 Å². The van der Waals surface area contributed by atoms with Crippen LogP contribution in [-0.2, 0) is 0 Å². The lowest BCUT2D eigenvalue weighted by molar-refractivity contribution is -0.161. The fraction of sp³-hybridized carbons (Fsp3) is 0.300. The second-order valence-electron chi connectivity index (χ2n) is 3.36. The van der Waals surface area contributed by atoms with E-state index in [4.69, 9.17) is 5.73 Å². The monoisotopic (exact) mass is 285 g/mol. The molecule has 100 valence electrons. The van der Waals surface area contributed by atoms with E-state index in [2.05, 4.69) is 17.0 Å². The van der Waals surface area contributed by atoms with Gasteiger partial charge in [-0.25, -0.2) is 4.39 Å². The molecule has 0 aromatic heterocycles. The van der Waals surface area contributed by atoms with Gasteiger partial charge in [0.15, 0.2) is 11.6 Å². The number of hydrogen-bond acceptors (Lipinski definition) is 2. The summed E-state index contributed by atoms with van der Waals surface area (Å²) in [7, 11) is 0. The van der Waals surface area contributed by atoms with Crippen molar-refractivity contribution in [2.24, 2.45) is 11.7 Å². The minimum atomic E-state index is -4.70.